The summed E-state index contributed by atoms with van der Waals surface area (Å²) < 4.78 is 48.7. The molecule has 1 aliphatic heterocycles. The molecule has 0 amide bonds. The van der Waals surface area contributed by atoms with Crippen molar-refractivity contribution in [2.24, 2.45) is 0 Å². The maximum atomic E-state index is 12.3. The summed E-state index contributed by atoms with van der Waals surface area (Å²) in [6, 6.07) is 2.76. The van der Waals surface area contributed by atoms with E-state index in [4.69, 9.17) is 11.6 Å². The second kappa shape index (κ2) is 5.35. The number of nitrogens with zero attached hydrogens (tertiary/aromatic N) is 2. The van der Waals surface area contributed by atoms with Gasteiger partial charge in [0.25, 0.3) is 0 Å². The van der Waals surface area contributed by atoms with Gasteiger partial charge in [0, 0.05) is 19.3 Å². The van der Waals surface area contributed by atoms with Crippen molar-refractivity contribution in [3.8, 4) is 0 Å². The van der Waals surface area contributed by atoms with Gasteiger partial charge < -0.3 is 0 Å². The van der Waals surface area contributed by atoms with E-state index in [0.717, 1.165) is 0 Å². The molecule has 6 nitrogen and oxygen atoms in total. The Hall–Kier alpha value is -0.700. The molecule has 0 saturated carbocycles. The fourth-order valence-electron chi connectivity index (χ4n) is 1.82. The predicted molar refractivity (Wildman–Crippen MR) is 71.3 cm³/mol. The molecular weight excluding hydrogens is 312 g/mol. The zero-order valence-electron chi connectivity index (χ0n) is 9.99. The Labute approximate surface area is 117 Å². The van der Waals surface area contributed by atoms with Crippen molar-refractivity contribution < 1.29 is 16.8 Å². The summed E-state index contributed by atoms with van der Waals surface area (Å²) in [6.07, 6.45) is 1.49. The molecule has 0 unspecified atom stereocenters. The van der Waals surface area contributed by atoms with Crippen LogP contribution in [0.15, 0.2) is 23.2 Å². The summed E-state index contributed by atoms with van der Waals surface area (Å²) in [4.78, 5) is 3.76. The van der Waals surface area contributed by atoms with Crippen LogP contribution >= 0.6 is 11.6 Å². The molecule has 0 spiro atoms. The molecule has 2 rings (SSSR count). The molecule has 0 N–H and O–H groups in total. The number of hydrogen-bond acceptors (Lipinski definition) is 5. The molecule has 1 aromatic heterocycles. The molecule has 0 aliphatic carbocycles. The number of aromatic nitrogens is 1. The van der Waals surface area contributed by atoms with Crippen LogP contribution in [0.4, 0.5) is 0 Å². The molecular formula is C10H13ClN2O4S2. The highest BCUT2D eigenvalue weighted by Crippen LogP contribution is 2.18. The highest BCUT2D eigenvalue weighted by Gasteiger charge is 2.29. The van der Waals surface area contributed by atoms with Crippen LogP contribution < -0.4 is 0 Å². The maximum absolute atomic E-state index is 12.3. The van der Waals surface area contributed by atoms with E-state index in [1.807, 2.05) is 0 Å². The third-order valence-electron chi connectivity index (χ3n) is 2.85. The number of pyridine rings is 1. The number of sulfonamides is 1. The van der Waals surface area contributed by atoms with Crippen molar-refractivity contribution >= 4 is 31.5 Å². The van der Waals surface area contributed by atoms with Crippen molar-refractivity contribution in [2.45, 2.75) is 11.3 Å². The summed E-state index contributed by atoms with van der Waals surface area (Å²) in [6.45, 7) is 0.178. The molecule has 1 saturated heterocycles. The van der Waals surface area contributed by atoms with Crippen LogP contribution in [0.5, 0.6) is 0 Å². The molecule has 1 fully saturated rings. The number of sulfone groups is 1. The van der Waals surface area contributed by atoms with Gasteiger partial charge in [-0.2, -0.15) is 4.31 Å². The second-order valence-corrected chi connectivity index (χ2v) is 8.85. The first-order valence-corrected chi connectivity index (χ1v) is 9.27. The van der Waals surface area contributed by atoms with Gasteiger partial charge in [-0.1, -0.05) is 11.6 Å². The molecule has 19 heavy (non-hydrogen) atoms. The summed E-state index contributed by atoms with van der Waals surface area (Å²) in [5, 5.41) is 0.206. The van der Waals surface area contributed by atoms with Gasteiger partial charge in [-0.05, 0) is 18.6 Å². The standard InChI is InChI=1S/C10H13ClN2O4S2/c11-10-3-2-9(8-12-10)19(16,17)13-4-1-6-18(14,15)7-5-13/h2-3,8H,1,4-7H2. The minimum absolute atomic E-state index is 0.0205. The van der Waals surface area contributed by atoms with Crippen LogP contribution in [0.2, 0.25) is 5.15 Å². The molecule has 1 aromatic rings. The van der Waals surface area contributed by atoms with Crippen molar-refractivity contribution in [3.05, 3.63) is 23.5 Å². The van der Waals surface area contributed by atoms with E-state index in [-0.39, 0.29) is 34.6 Å². The third kappa shape index (κ3) is 3.44. The fourth-order valence-corrected chi connectivity index (χ4v) is 4.74. The number of halogens is 1. The van der Waals surface area contributed by atoms with Crippen molar-refractivity contribution in [1.29, 1.82) is 0 Å². The van der Waals surface area contributed by atoms with Crippen LogP contribution in [0.1, 0.15) is 6.42 Å². The lowest BCUT2D eigenvalue weighted by Crippen LogP contribution is -2.33. The predicted octanol–water partition coefficient (Wildman–Crippen LogP) is 0.544. The monoisotopic (exact) mass is 324 g/mol. The van der Waals surface area contributed by atoms with E-state index in [1.165, 1.54) is 22.6 Å². The first kappa shape index (κ1) is 14.7. The van der Waals surface area contributed by atoms with Crippen molar-refractivity contribution in [1.82, 2.24) is 9.29 Å². The third-order valence-corrected chi connectivity index (χ3v) is 6.67. The van der Waals surface area contributed by atoms with Gasteiger partial charge in [0.15, 0.2) is 9.84 Å². The molecule has 0 atom stereocenters. The molecule has 1 aliphatic rings. The van der Waals surface area contributed by atoms with E-state index in [2.05, 4.69) is 4.98 Å². The van der Waals surface area contributed by atoms with E-state index >= 15 is 0 Å². The van der Waals surface area contributed by atoms with Gasteiger partial charge >= 0.3 is 0 Å². The minimum Gasteiger partial charge on any atom is -0.243 e. The molecule has 2 heterocycles. The topological polar surface area (TPSA) is 84.4 Å². The smallest absolute Gasteiger partial charge is 0.243 e. The average molecular weight is 325 g/mol. The Morgan fingerprint density at radius 1 is 1.21 bits per heavy atom. The van der Waals surface area contributed by atoms with Crippen LogP contribution in [-0.2, 0) is 19.9 Å². The minimum atomic E-state index is -3.70. The van der Waals surface area contributed by atoms with E-state index in [9.17, 15) is 16.8 Å². The van der Waals surface area contributed by atoms with Crippen LogP contribution in [0.3, 0.4) is 0 Å². The average Bonchev–Trinajstić information content (AvgIpc) is 2.51. The zero-order valence-corrected chi connectivity index (χ0v) is 12.4. The lowest BCUT2D eigenvalue weighted by Gasteiger charge is -2.19. The Morgan fingerprint density at radius 3 is 2.58 bits per heavy atom. The summed E-state index contributed by atoms with van der Waals surface area (Å²) in [5.41, 5.74) is 0. The van der Waals surface area contributed by atoms with E-state index in [0.29, 0.717) is 6.42 Å². The van der Waals surface area contributed by atoms with Gasteiger partial charge in [0.2, 0.25) is 10.0 Å². The van der Waals surface area contributed by atoms with E-state index in [1.54, 1.807) is 0 Å². The summed E-state index contributed by atoms with van der Waals surface area (Å²) in [5.74, 6) is -0.120. The quantitative estimate of drug-likeness (QED) is 0.741. The Morgan fingerprint density at radius 2 is 1.95 bits per heavy atom. The number of rotatable bonds is 2. The largest absolute Gasteiger partial charge is 0.244 e. The normalized spacial score (nSPS) is 20.9. The zero-order chi connectivity index (χ0) is 14.1. The van der Waals surface area contributed by atoms with Gasteiger partial charge in [-0.15, -0.1) is 0 Å². The molecule has 0 bridgehead atoms. The molecule has 0 radical (unpaired) electrons. The summed E-state index contributed by atoms with van der Waals surface area (Å²) >= 11 is 5.61. The summed E-state index contributed by atoms with van der Waals surface area (Å²) in [7, 11) is -6.85. The lowest BCUT2D eigenvalue weighted by molar-refractivity contribution is 0.434. The van der Waals surface area contributed by atoms with Gasteiger partial charge in [0.1, 0.15) is 10.0 Å². The Bertz CT molecular complexity index is 655. The molecule has 9 heteroatoms. The first-order valence-electron chi connectivity index (χ1n) is 5.63. The van der Waals surface area contributed by atoms with Crippen LogP contribution in [-0.4, -0.2) is 50.7 Å². The fraction of sp³-hybridized carbons (Fsp3) is 0.500. The van der Waals surface area contributed by atoms with Crippen molar-refractivity contribution in [2.75, 3.05) is 24.6 Å². The van der Waals surface area contributed by atoms with Crippen molar-refractivity contribution in [3.63, 3.8) is 0 Å². The van der Waals surface area contributed by atoms with Gasteiger partial charge in [-0.3, -0.25) is 0 Å². The Kier molecular flexibility index (Phi) is 4.14. The Balaban J connectivity index is 2.27. The van der Waals surface area contributed by atoms with Crippen LogP contribution in [0.25, 0.3) is 0 Å². The second-order valence-electron chi connectivity index (χ2n) is 4.23. The van der Waals surface area contributed by atoms with Gasteiger partial charge in [-0.25, -0.2) is 21.8 Å². The first-order chi connectivity index (χ1) is 8.81. The number of hydrogen-bond donors (Lipinski definition) is 0. The van der Waals surface area contributed by atoms with Gasteiger partial charge in [0.05, 0.1) is 11.5 Å². The lowest BCUT2D eigenvalue weighted by atomic mass is 10.5. The molecule has 106 valence electrons. The van der Waals surface area contributed by atoms with Crippen LogP contribution in [0, 0.1) is 0 Å². The molecule has 0 aromatic carbocycles. The highest BCUT2D eigenvalue weighted by atomic mass is 35.5. The highest BCUT2D eigenvalue weighted by molar-refractivity contribution is 7.91. The SMILES string of the molecule is O=S1(=O)CCCN(S(=O)(=O)c2ccc(Cl)nc2)CC1. The van der Waals surface area contributed by atoms with E-state index < -0.39 is 19.9 Å². The maximum Gasteiger partial charge on any atom is 0.244 e.